The van der Waals surface area contributed by atoms with Gasteiger partial charge in [0.15, 0.2) is 0 Å². The van der Waals surface area contributed by atoms with Crippen molar-refractivity contribution in [2.75, 3.05) is 46.2 Å². The van der Waals surface area contributed by atoms with Crippen LogP contribution >= 0.6 is 0 Å². The number of imide groups is 1. The summed E-state index contributed by atoms with van der Waals surface area (Å²) >= 11 is 0. The number of carbonyl (C=O) groups excluding carboxylic acids is 8. The van der Waals surface area contributed by atoms with E-state index in [4.69, 9.17) is 15.2 Å². The number of unbranched alkanes of at least 4 members (excludes halogenated alkanes) is 2. The van der Waals surface area contributed by atoms with Crippen LogP contribution in [0.15, 0.2) is 66.7 Å². The Labute approximate surface area is 437 Å². The summed E-state index contributed by atoms with van der Waals surface area (Å²) in [6.07, 6.45) is 6.32. The first-order valence-electron chi connectivity index (χ1n) is 26.5. The van der Waals surface area contributed by atoms with Gasteiger partial charge in [-0.1, -0.05) is 96.8 Å². The molecule has 2 unspecified atom stereocenters. The number of anilines is 1. The molecule has 0 aliphatic carbocycles. The third kappa shape index (κ3) is 15.3. The summed E-state index contributed by atoms with van der Waals surface area (Å²) in [4.78, 5) is 113. The number of nitrogens with zero attached hydrogens (tertiary/aromatic N) is 4. The molecule has 0 bridgehead atoms. The second-order valence-electron chi connectivity index (χ2n) is 20.8. The Balaban J connectivity index is 1.20. The van der Waals surface area contributed by atoms with Crippen LogP contribution in [0, 0.1) is 23.7 Å². The molecule has 3 aliphatic heterocycles. The third-order valence-corrected chi connectivity index (χ3v) is 15.3. The van der Waals surface area contributed by atoms with E-state index >= 15 is 0 Å². The van der Waals surface area contributed by atoms with Crippen molar-refractivity contribution in [2.45, 2.75) is 155 Å². The summed E-state index contributed by atoms with van der Waals surface area (Å²) in [5.74, 6) is -3.28. The average molecular weight is 1030 g/mol. The number of hydrogen-bond donors (Lipinski definition) is 4. The molecule has 2 aromatic rings. The summed E-state index contributed by atoms with van der Waals surface area (Å²) in [5, 5.41) is 8.85. The molecule has 5 rings (SSSR count). The Kier molecular flexibility index (Phi) is 22.3. The molecule has 5 N–H and O–H groups in total. The summed E-state index contributed by atoms with van der Waals surface area (Å²) in [6, 6.07) is 13.4. The lowest BCUT2D eigenvalue weighted by Gasteiger charge is -2.43. The van der Waals surface area contributed by atoms with Gasteiger partial charge in [0.2, 0.25) is 35.4 Å². The predicted octanol–water partition coefficient (Wildman–Crippen LogP) is 4.59. The van der Waals surface area contributed by atoms with Gasteiger partial charge in [0, 0.05) is 78.1 Å². The van der Waals surface area contributed by atoms with Crippen molar-refractivity contribution in [3.05, 3.63) is 77.9 Å². The highest BCUT2D eigenvalue weighted by atomic mass is 16.5. The average Bonchev–Trinajstić information content (AvgIpc) is 4.11. The van der Waals surface area contributed by atoms with E-state index < -0.39 is 66.1 Å². The van der Waals surface area contributed by atoms with Crippen LogP contribution in [0.2, 0.25) is 0 Å². The van der Waals surface area contributed by atoms with Gasteiger partial charge in [0.25, 0.3) is 11.8 Å². The topological polar surface area (TPSA) is 230 Å². The highest BCUT2D eigenvalue weighted by Crippen LogP contribution is 2.33. The molecule has 74 heavy (non-hydrogen) atoms. The van der Waals surface area contributed by atoms with Gasteiger partial charge < -0.3 is 41.0 Å². The summed E-state index contributed by atoms with van der Waals surface area (Å²) in [7, 11) is 4.84. The van der Waals surface area contributed by atoms with Gasteiger partial charge in [-0.3, -0.25) is 48.2 Å². The Morgan fingerprint density at radius 2 is 1.51 bits per heavy atom. The Hall–Kier alpha value is -5.98. The summed E-state index contributed by atoms with van der Waals surface area (Å²) < 4.78 is 12.2. The molecule has 0 spiro atoms. The van der Waals surface area contributed by atoms with Crippen LogP contribution in [-0.2, 0) is 60.8 Å². The van der Waals surface area contributed by atoms with E-state index in [0.29, 0.717) is 70.3 Å². The number of likely N-dealkylation sites (N-methyl/N-ethyl adjacent to an activating group) is 1. The highest BCUT2D eigenvalue weighted by molar-refractivity contribution is 6.12. The number of likely N-dealkylation sites (tertiary alicyclic amines) is 2. The van der Waals surface area contributed by atoms with Gasteiger partial charge in [-0.15, -0.1) is 0 Å². The molecule has 3 aliphatic rings. The van der Waals surface area contributed by atoms with E-state index in [2.05, 4.69) is 16.0 Å². The molecule has 2 aromatic carbocycles. The van der Waals surface area contributed by atoms with Crippen LogP contribution < -0.4 is 21.7 Å². The summed E-state index contributed by atoms with van der Waals surface area (Å²) in [5.41, 5.74) is 8.05. The van der Waals surface area contributed by atoms with Crippen LogP contribution in [0.25, 0.3) is 0 Å². The predicted molar refractivity (Wildman–Crippen MR) is 282 cm³/mol. The van der Waals surface area contributed by atoms with Gasteiger partial charge in [-0.25, -0.2) is 0 Å². The fourth-order valence-corrected chi connectivity index (χ4v) is 11.0. The van der Waals surface area contributed by atoms with Crippen LogP contribution in [0.4, 0.5) is 5.69 Å². The number of nitrogens with one attached hydrogen (secondary N) is 3. The lowest BCUT2D eigenvalue weighted by molar-refractivity contribution is -0.150. The second kappa shape index (κ2) is 28.1. The van der Waals surface area contributed by atoms with Gasteiger partial charge in [0.05, 0.1) is 48.7 Å². The van der Waals surface area contributed by atoms with Crippen LogP contribution in [0.1, 0.15) is 110 Å². The van der Waals surface area contributed by atoms with Crippen LogP contribution in [0.5, 0.6) is 0 Å². The maximum Gasteiger partial charge on any atom is 0.253 e. The van der Waals surface area contributed by atoms with E-state index in [1.165, 1.54) is 24.2 Å². The van der Waals surface area contributed by atoms with Crippen molar-refractivity contribution in [2.24, 2.45) is 29.4 Å². The number of benzene rings is 2. The molecule has 10 atom stereocenters. The monoisotopic (exact) mass is 1030 g/mol. The zero-order valence-electron chi connectivity index (χ0n) is 45.0. The fraction of sp³-hybridized carbons (Fsp3) is 0.607. The molecule has 18 heteroatoms. The number of rotatable bonds is 28. The van der Waals surface area contributed by atoms with Crippen molar-refractivity contribution < 1.29 is 47.8 Å². The maximum absolute atomic E-state index is 14.6. The first kappa shape index (κ1) is 58.9. The minimum atomic E-state index is -0.969. The van der Waals surface area contributed by atoms with Crippen LogP contribution in [-0.4, -0.2) is 150 Å². The number of hydrogen-bond acceptors (Lipinski definition) is 11. The Bertz CT molecular complexity index is 2260. The fourth-order valence-electron chi connectivity index (χ4n) is 11.0. The third-order valence-electron chi connectivity index (χ3n) is 15.3. The normalized spacial score (nSPS) is 20.7. The number of carbonyl (C=O) groups is 8. The smallest absolute Gasteiger partial charge is 0.253 e. The number of primary amides is 1. The maximum atomic E-state index is 14.6. The number of nitrogens with two attached hydrogens (primary N) is 1. The first-order chi connectivity index (χ1) is 35.3. The Morgan fingerprint density at radius 1 is 0.838 bits per heavy atom. The molecule has 2 saturated heterocycles. The van der Waals surface area contributed by atoms with Crippen molar-refractivity contribution in [1.82, 2.24) is 30.2 Å². The van der Waals surface area contributed by atoms with Gasteiger partial charge in [0.1, 0.15) is 6.04 Å². The minimum absolute atomic E-state index is 0.0166. The van der Waals surface area contributed by atoms with Gasteiger partial charge in [-0.2, -0.15) is 0 Å². The lowest BCUT2D eigenvalue weighted by atomic mass is 9.89. The largest absolute Gasteiger partial charge is 0.379 e. The standard InChI is InChI=1S/C56H82N8O10/c1-10-36(4)50(61(7)56(72)49(35(2)3)64-31-28-37(5)51(64)53(57)69)44(73-8)33-48(68)62-30-17-20-43(62)52(74-9)38(6)54(70)60-42(32-39-18-13-11-14-19-39)55(71)59-41-24-22-40(23-25-41)34-58-45(65)21-15-12-16-29-63-46(66)26-27-47(63)67/h11,13-14,18-19,22-27,35-38,42-44,49-52H,10,12,15-17,20-21,28-34H2,1-9H3,(H2,57,69)(H,58,65)(H,59,71)(H,60,70)/t36-,37?,38+,42-,43-,44+,49-,50-,51?,52+/m0/s1. The quantitative estimate of drug-likeness (QED) is 0.0681. The van der Waals surface area contributed by atoms with Gasteiger partial charge >= 0.3 is 0 Å². The molecule has 3 heterocycles. The molecule has 0 saturated carbocycles. The van der Waals surface area contributed by atoms with E-state index in [0.717, 1.165) is 17.5 Å². The SMILES string of the molecule is CC[C@H](C)[C@@H]([C@@H](CC(=O)N1CCC[C@H]1[C@H](OC)[C@@H](C)C(=O)N[C@@H](Cc1ccccc1)C(=O)Nc1ccc(CNC(=O)CCCCCN2C(=O)C=CC2=O)cc1)OC)N(C)C(=O)[C@H](C(C)C)N1CCC(C)C1C(N)=O. The number of ether oxygens (including phenoxy) is 2. The molecule has 18 nitrogen and oxygen atoms in total. The molecule has 0 aromatic heterocycles. The van der Waals surface area contributed by atoms with E-state index in [1.54, 1.807) is 55.1 Å². The molecule has 0 radical (unpaired) electrons. The molecular formula is C56H82N8O10. The highest BCUT2D eigenvalue weighted by Gasteiger charge is 2.47. The number of amides is 8. The van der Waals surface area contributed by atoms with E-state index in [1.807, 2.05) is 69.9 Å². The van der Waals surface area contributed by atoms with Crippen molar-refractivity contribution in [3.63, 3.8) is 0 Å². The second-order valence-corrected chi connectivity index (χ2v) is 20.8. The van der Waals surface area contributed by atoms with Gasteiger partial charge in [-0.05, 0) is 73.1 Å². The zero-order valence-corrected chi connectivity index (χ0v) is 45.0. The van der Waals surface area contributed by atoms with Crippen molar-refractivity contribution in [1.29, 1.82) is 0 Å². The minimum Gasteiger partial charge on any atom is -0.379 e. The summed E-state index contributed by atoms with van der Waals surface area (Å²) in [6.45, 7) is 13.4. The molecular weight excluding hydrogens is 945 g/mol. The van der Waals surface area contributed by atoms with Crippen LogP contribution in [0.3, 0.4) is 0 Å². The van der Waals surface area contributed by atoms with E-state index in [-0.39, 0.29) is 66.7 Å². The number of methoxy groups -OCH3 is 2. The molecule has 2 fully saturated rings. The Morgan fingerprint density at radius 3 is 2.12 bits per heavy atom. The van der Waals surface area contributed by atoms with E-state index in [9.17, 15) is 38.4 Å². The van der Waals surface area contributed by atoms with Crippen molar-refractivity contribution >= 4 is 52.9 Å². The first-order valence-corrected chi connectivity index (χ1v) is 26.5. The zero-order chi connectivity index (χ0) is 54.2. The lowest BCUT2D eigenvalue weighted by Crippen LogP contribution is -2.60. The molecule has 8 amide bonds. The molecule has 406 valence electrons. The van der Waals surface area contributed by atoms with Crippen molar-refractivity contribution in [3.8, 4) is 0 Å².